The van der Waals surface area contributed by atoms with Crippen molar-refractivity contribution in [2.75, 3.05) is 11.5 Å². The first-order chi connectivity index (χ1) is 14.7. The van der Waals surface area contributed by atoms with Crippen LogP contribution in [0.15, 0.2) is 48.5 Å². The summed E-state index contributed by atoms with van der Waals surface area (Å²) in [4.78, 5) is 14.5. The fourth-order valence-electron chi connectivity index (χ4n) is 3.77. The van der Waals surface area contributed by atoms with E-state index < -0.39 is 0 Å². The highest BCUT2D eigenvalue weighted by molar-refractivity contribution is 5.96. The van der Waals surface area contributed by atoms with Crippen molar-refractivity contribution in [3.05, 3.63) is 65.5 Å². The van der Waals surface area contributed by atoms with Crippen LogP contribution in [0.4, 0.5) is 5.69 Å². The molecule has 1 aromatic heterocycles. The van der Waals surface area contributed by atoms with E-state index in [0.29, 0.717) is 19.6 Å². The number of tetrazole rings is 1. The summed E-state index contributed by atoms with van der Waals surface area (Å²) in [5.74, 6) is 1.89. The molecule has 156 valence electrons. The normalized spacial score (nSPS) is 13.4. The van der Waals surface area contributed by atoms with Gasteiger partial charge < -0.3 is 9.64 Å². The number of rotatable bonds is 9. The van der Waals surface area contributed by atoms with Crippen LogP contribution in [0.1, 0.15) is 43.1 Å². The molecule has 7 heteroatoms. The van der Waals surface area contributed by atoms with Crippen molar-refractivity contribution >= 4 is 11.6 Å². The molecule has 1 amide bonds. The van der Waals surface area contributed by atoms with Crippen LogP contribution in [-0.2, 0) is 30.7 Å². The number of aryl methyl sites for hydroxylation is 3. The molecule has 0 aliphatic carbocycles. The molecule has 3 aromatic rings. The van der Waals surface area contributed by atoms with Crippen LogP contribution < -0.4 is 9.64 Å². The van der Waals surface area contributed by atoms with E-state index in [0.717, 1.165) is 55.1 Å². The van der Waals surface area contributed by atoms with Gasteiger partial charge in [0.25, 0.3) is 0 Å². The number of carbonyl (C=O) groups excluding carboxylic acids is 1. The van der Waals surface area contributed by atoms with Gasteiger partial charge in [-0.1, -0.05) is 36.4 Å². The lowest BCUT2D eigenvalue weighted by Gasteiger charge is -2.30. The molecule has 1 aliphatic rings. The van der Waals surface area contributed by atoms with Crippen molar-refractivity contribution in [3.63, 3.8) is 0 Å². The van der Waals surface area contributed by atoms with E-state index in [9.17, 15) is 4.79 Å². The number of ether oxygens (including phenoxy) is 1. The van der Waals surface area contributed by atoms with Gasteiger partial charge in [-0.2, -0.15) is 0 Å². The maximum atomic E-state index is 12.6. The second-order valence-electron chi connectivity index (χ2n) is 7.47. The summed E-state index contributed by atoms with van der Waals surface area (Å²) in [6.07, 6.45) is 4.06. The quantitative estimate of drug-likeness (QED) is 0.509. The first kappa shape index (κ1) is 20.1. The fourth-order valence-corrected chi connectivity index (χ4v) is 3.77. The maximum Gasteiger partial charge on any atom is 0.227 e. The van der Waals surface area contributed by atoms with Crippen molar-refractivity contribution in [2.24, 2.45) is 0 Å². The molecule has 7 nitrogen and oxygen atoms in total. The Kier molecular flexibility index (Phi) is 6.37. The molecule has 2 heterocycles. The smallest absolute Gasteiger partial charge is 0.227 e. The number of carbonyl (C=O) groups is 1. The van der Waals surface area contributed by atoms with Crippen molar-refractivity contribution < 1.29 is 9.53 Å². The van der Waals surface area contributed by atoms with Gasteiger partial charge in [0.1, 0.15) is 5.75 Å². The predicted octanol–water partition coefficient (Wildman–Crippen LogP) is 3.57. The first-order valence-corrected chi connectivity index (χ1v) is 10.6. The highest BCUT2D eigenvalue weighted by atomic mass is 16.5. The Labute approximate surface area is 176 Å². The third-order valence-electron chi connectivity index (χ3n) is 5.41. The zero-order valence-corrected chi connectivity index (χ0v) is 17.3. The number of amides is 1. The number of aromatic nitrogens is 4. The SMILES string of the molecule is CCn1nnnc1CCCCOc1ccc2c(c1)N(Cc1ccccc1)C(=O)CC2. The molecule has 0 N–H and O–H groups in total. The number of nitrogens with zero attached hydrogens (tertiary/aromatic N) is 5. The molecule has 0 bridgehead atoms. The number of benzene rings is 2. The van der Waals surface area contributed by atoms with Gasteiger partial charge >= 0.3 is 0 Å². The van der Waals surface area contributed by atoms with Crippen LogP contribution in [0.25, 0.3) is 0 Å². The summed E-state index contributed by atoms with van der Waals surface area (Å²) >= 11 is 0. The molecule has 0 radical (unpaired) electrons. The molecule has 1 aliphatic heterocycles. The van der Waals surface area contributed by atoms with Crippen LogP contribution in [0, 0.1) is 0 Å². The van der Waals surface area contributed by atoms with E-state index in [1.807, 2.05) is 46.8 Å². The summed E-state index contributed by atoms with van der Waals surface area (Å²) in [5.41, 5.74) is 3.29. The first-order valence-electron chi connectivity index (χ1n) is 10.6. The Morgan fingerprint density at radius 1 is 1.07 bits per heavy atom. The van der Waals surface area contributed by atoms with Crippen LogP contribution in [0.5, 0.6) is 5.75 Å². The van der Waals surface area contributed by atoms with Crippen molar-refractivity contribution in [2.45, 2.75) is 52.1 Å². The Hall–Kier alpha value is -3.22. The topological polar surface area (TPSA) is 73.1 Å². The molecule has 0 saturated heterocycles. The van der Waals surface area contributed by atoms with Crippen LogP contribution >= 0.6 is 0 Å². The lowest BCUT2D eigenvalue weighted by atomic mass is 10.00. The van der Waals surface area contributed by atoms with Gasteiger partial charge in [-0.15, -0.1) is 5.10 Å². The van der Waals surface area contributed by atoms with Crippen molar-refractivity contribution in [1.29, 1.82) is 0 Å². The second-order valence-corrected chi connectivity index (χ2v) is 7.47. The van der Waals surface area contributed by atoms with Crippen LogP contribution in [-0.4, -0.2) is 32.7 Å². The van der Waals surface area contributed by atoms with Crippen molar-refractivity contribution in [1.82, 2.24) is 20.2 Å². The molecule has 30 heavy (non-hydrogen) atoms. The molecule has 0 unspecified atom stereocenters. The summed E-state index contributed by atoms with van der Waals surface area (Å²) < 4.78 is 7.81. The van der Waals surface area contributed by atoms with E-state index >= 15 is 0 Å². The summed E-state index contributed by atoms with van der Waals surface area (Å²) in [6, 6.07) is 16.2. The third kappa shape index (κ3) is 4.67. The number of anilines is 1. The standard InChI is InChI=1S/C23H27N5O2/c1-2-28-22(24-25-26-28)10-6-7-15-30-20-13-11-19-12-14-23(29)27(21(19)16-20)17-18-8-4-3-5-9-18/h3-5,8-9,11,13,16H,2,6-7,10,12,14-15,17H2,1H3. The highest BCUT2D eigenvalue weighted by Crippen LogP contribution is 2.32. The zero-order chi connectivity index (χ0) is 20.8. The highest BCUT2D eigenvalue weighted by Gasteiger charge is 2.24. The average Bonchev–Trinajstić information content (AvgIpc) is 3.24. The fraction of sp³-hybridized carbons (Fsp3) is 0.391. The lowest BCUT2D eigenvalue weighted by Crippen LogP contribution is -2.34. The van der Waals surface area contributed by atoms with Crippen molar-refractivity contribution in [3.8, 4) is 5.75 Å². The van der Waals surface area contributed by atoms with Gasteiger partial charge in [0.15, 0.2) is 5.82 Å². The van der Waals surface area contributed by atoms with Crippen LogP contribution in [0.3, 0.4) is 0 Å². The molecule has 0 fully saturated rings. The summed E-state index contributed by atoms with van der Waals surface area (Å²) in [5, 5.41) is 11.7. The van der Waals surface area contributed by atoms with Crippen LogP contribution in [0.2, 0.25) is 0 Å². The average molecular weight is 406 g/mol. The molecule has 0 atom stereocenters. The van der Waals surface area contributed by atoms with Gasteiger partial charge in [0.2, 0.25) is 5.91 Å². The number of unbranched alkanes of at least 4 members (excludes halogenated alkanes) is 1. The number of fused-ring (bicyclic) bond motifs is 1. The van der Waals surface area contributed by atoms with E-state index in [1.54, 1.807) is 0 Å². The monoisotopic (exact) mass is 405 g/mol. The second kappa shape index (κ2) is 9.52. The molecular formula is C23H27N5O2. The van der Waals surface area contributed by atoms with E-state index in [1.165, 1.54) is 5.56 Å². The van der Waals surface area contributed by atoms with Gasteiger partial charge in [-0.3, -0.25) is 4.79 Å². The third-order valence-corrected chi connectivity index (χ3v) is 5.41. The molecular weight excluding hydrogens is 378 g/mol. The zero-order valence-electron chi connectivity index (χ0n) is 17.3. The van der Waals surface area contributed by atoms with Gasteiger partial charge in [0.05, 0.1) is 18.8 Å². The lowest BCUT2D eigenvalue weighted by molar-refractivity contribution is -0.119. The minimum atomic E-state index is 0.164. The Bertz CT molecular complexity index is 986. The largest absolute Gasteiger partial charge is 0.494 e. The van der Waals surface area contributed by atoms with Gasteiger partial charge in [-0.05, 0) is 53.8 Å². The molecule has 2 aromatic carbocycles. The molecule has 0 saturated carbocycles. The molecule has 0 spiro atoms. The van der Waals surface area contributed by atoms with E-state index in [2.05, 4.69) is 33.7 Å². The van der Waals surface area contributed by atoms with Gasteiger partial charge in [0, 0.05) is 25.5 Å². The minimum Gasteiger partial charge on any atom is -0.494 e. The number of hydrogen-bond acceptors (Lipinski definition) is 5. The Morgan fingerprint density at radius 3 is 2.77 bits per heavy atom. The summed E-state index contributed by atoms with van der Waals surface area (Å²) in [6.45, 7) is 4.03. The minimum absolute atomic E-state index is 0.164. The maximum absolute atomic E-state index is 12.6. The Balaban J connectivity index is 1.36. The summed E-state index contributed by atoms with van der Waals surface area (Å²) in [7, 11) is 0. The van der Waals surface area contributed by atoms with E-state index in [4.69, 9.17) is 4.74 Å². The van der Waals surface area contributed by atoms with Gasteiger partial charge in [-0.25, -0.2) is 4.68 Å². The number of hydrogen-bond donors (Lipinski definition) is 0. The molecule has 4 rings (SSSR count). The Morgan fingerprint density at radius 2 is 1.93 bits per heavy atom. The predicted molar refractivity (Wildman–Crippen MR) is 114 cm³/mol. The van der Waals surface area contributed by atoms with E-state index in [-0.39, 0.29) is 5.91 Å².